The molecule has 0 radical (unpaired) electrons. The Labute approximate surface area is 312 Å². The maximum Gasteiger partial charge on any atom is 0.161 e. The molecule has 0 N–H and O–H groups in total. The number of hydrogen-bond donors (Lipinski definition) is 0. The van der Waals surface area contributed by atoms with Crippen molar-refractivity contribution < 1.29 is 0 Å². The summed E-state index contributed by atoms with van der Waals surface area (Å²) in [7, 11) is 0. The van der Waals surface area contributed by atoms with E-state index in [9.17, 15) is 0 Å². The third kappa shape index (κ3) is 4.94. The predicted molar refractivity (Wildman–Crippen MR) is 226 cm³/mol. The van der Waals surface area contributed by atoms with Gasteiger partial charge in [0.2, 0.25) is 0 Å². The smallest absolute Gasteiger partial charge is 0.161 e. The summed E-state index contributed by atoms with van der Waals surface area (Å²) in [6, 6.07) is 63.1. The van der Waals surface area contributed by atoms with Crippen molar-refractivity contribution in [3.63, 3.8) is 0 Å². The van der Waals surface area contributed by atoms with Gasteiger partial charge in [0.05, 0.1) is 11.4 Å². The second-order valence-electron chi connectivity index (χ2n) is 14.0. The van der Waals surface area contributed by atoms with Crippen molar-refractivity contribution in [2.24, 2.45) is 0 Å². The molecule has 0 aliphatic rings. The van der Waals surface area contributed by atoms with Crippen LogP contribution in [0.15, 0.2) is 188 Å². The van der Waals surface area contributed by atoms with Crippen LogP contribution in [-0.4, -0.2) is 15.0 Å². The molecule has 3 nitrogen and oxygen atoms in total. The Balaban J connectivity index is 1.08. The number of fused-ring (bicyclic) bond motifs is 3. The molecule has 0 unspecified atom stereocenters. The number of pyridine rings is 1. The van der Waals surface area contributed by atoms with Crippen LogP contribution in [-0.2, 0) is 0 Å². The molecular formula is C51H31N3. The van der Waals surface area contributed by atoms with Gasteiger partial charge < -0.3 is 0 Å². The zero-order valence-electron chi connectivity index (χ0n) is 29.2. The largest absolute Gasteiger partial charge is 0.264 e. The van der Waals surface area contributed by atoms with Crippen LogP contribution in [0.3, 0.4) is 0 Å². The predicted octanol–water partition coefficient (Wildman–Crippen LogP) is 13.4. The Bertz CT molecular complexity index is 3170. The molecule has 0 aliphatic heterocycles. The van der Waals surface area contributed by atoms with E-state index < -0.39 is 0 Å². The molecule has 0 saturated heterocycles. The van der Waals surface area contributed by atoms with Gasteiger partial charge in [-0.05, 0) is 100 Å². The van der Waals surface area contributed by atoms with Gasteiger partial charge in [-0.1, -0.05) is 152 Å². The second kappa shape index (κ2) is 12.2. The average Bonchev–Trinajstić information content (AvgIpc) is 3.25. The van der Waals surface area contributed by atoms with Crippen molar-refractivity contribution in [3.8, 4) is 56.2 Å². The minimum Gasteiger partial charge on any atom is -0.264 e. The van der Waals surface area contributed by atoms with E-state index in [-0.39, 0.29) is 0 Å². The highest BCUT2D eigenvalue weighted by Gasteiger charge is 2.17. The van der Waals surface area contributed by atoms with Crippen molar-refractivity contribution in [2.45, 2.75) is 0 Å². The van der Waals surface area contributed by atoms with Gasteiger partial charge >= 0.3 is 0 Å². The maximum absolute atomic E-state index is 5.32. The number of aromatic nitrogens is 3. The molecule has 0 fully saturated rings. The van der Waals surface area contributed by atoms with Crippen LogP contribution in [0.2, 0.25) is 0 Å². The van der Waals surface area contributed by atoms with E-state index in [0.29, 0.717) is 5.82 Å². The first-order valence-corrected chi connectivity index (χ1v) is 18.3. The molecule has 9 aromatic carbocycles. The van der Waals surface area contributed by atoms with Crippen molar-refractivity contribution in [1.82, 2.24) is 15.0 Å². The highest BCUT2D eigenvalue weighted by molar-refractivity contribution is 6.25. The Kier molecular flexibility index (Phi) is 6.86. The molecule has 250 valence electrons. The number of benzene rings is 9. The summed E-state index contributed by atoms with van der Waals surface area (Å²) in [6.45, 7) is 0. The van der Waals surface area contributed by atoms with E-state index >= 15 is 0 Å². The monoisotopic (exact) mass is 685 g/mol. The fourth-order valence-corrected chi connectivity index (χ4v) is 8.27. The summed E-state index contributed by atoms with van der Waals surface area (Å²) < 4.78 is 0. The molecule has 2 heterocycles. The molecule has 11 aromatic rings. The van der Waals surface area contributed by atoms with Crippen LogP contribution in [0.5, 0.6) is 0 Å². The van der Waals surface area contributed by atoms with Crippen molar-refractivity contribution in [1.29, 1.82) is 0 Å². The molecule has 11 rings (SSSR count). The summed E-state index contributed by atoms with van der Waals surface area (Å²) in [6.07, 6.45) is 3.70. The normalized spacial score (nSPS) is 11.7. The molecular weight excluding hydrogens is 655 g/mol. The Morgan fingerprint density at radius 3 is 1.63 bits per heavy atom. The summed E-state index contributed by atoms with van der Waals surface area (Å²) >= 11 is 0. The van der Waals surface area contributed by atoms with Gasteiger partial charge in [-0.3, -0.25) is 4.98 Å². The lowest BCUT2D eigenvalue weighted by atomic mass is 9.91. The van der Waals surface area contributed by atoms with Crippen LogP contribution in [0.4, 0.5) is 0 Å². The van der Waals surface area contributed by atoms with Gasteiger partial charge in [0.1, 0.15) is 0 Å². The minimum atomic E-state index is 0.710. The van der Waals surface area contributed by atoms with Crippen LogP contribution < -0.4 is 0 Å². The molecule has 54 heavy (non-hydrogen) atoms. The van der Waals surface area contributed by atoms with Gasteiger partial charge in [-0.25, -0.2) is 9.97 Å². The lowest BCUT2D eigenvalue weighted by Gasteiger charge is -2.15. The van der Waals surface area contributed by atoms with Gasteiger partial charge in [-0.15, -0.1) is 0 Å². The third-order valence-electron chi connectivity index (χ3n) is 10.9. The van der Waals surface area contributed by atoms with Crippen molar-refractivity contribution >= 4 is 53.9 Å². The van der Waals surface area contributed by atoms with Crippen molar-refractivity contribution in [3.05, 3.63) is 188 Å². The third-order valence-corrected chi connectivity index (χ3v) is 10.9. The van der Waals surface area contributed by atoms with Crippen LogP contribution >= 0.6 is 0 Å². The van der Waals surface area contributed by atoms with Crippen LogP contribution in [0, 0.1) is 0 Å². The van der Waals surface area contributed by atoms with Gasteiger partial charge in [0.15, 0.2) is 5.82 Å². The van der Waals surface area contributed by atoms with Gasteiger partial charge in [0.25, 0.3) is 0 Å². The van der Waals surface area contributed by atoms with E-state index in [4.69, 9.17) is 9.97 Å². The number of rotatable bonds is 5. The Morgan fingerprint density at radius 2 is 0.907 bits per heavy atom. The van der Waals surface area contributed by atoms with E-state index in [1.807, 2.05) is 12.3 Å². The molecule has 0 spiro atoms. The van der Waals surface area contributed by atoms with E-state index in [2.05, 4.69) is 175 Å². The molecule has 0 bridgehead atoms. The molecule has 0 saturated carbocycles. The Morgan fingerprint density at radius 1 is 0.315 bits per heavy atom. The zero-order valence-corrected chi connectivity index (χ0v) is 29.2. The van der Waals surface area contributed by atoms with E-state index in [1.54, 1.807) is 6.20 Å². The summed E-state index contributed by atoms with van der Waals surface area (Å²) in [4.78, 5) is 14.9. The molecule has 0 aliphatic carbocycles. The van der Waals surface area contributed by atoms with Crippen LogP contribution in [0.1, 0.15) is 0 Å². The highest BCUT2D eigenvalue weighted by Crippen LogP contribution is 2.40. The van der Waals surface area contributed by atoms with E-state index in [1.165, 1.54) is 59.6 Å². The lowest BCUT2D eigenvalue weighted by Crippen LogP contribution is -1.97. The first-order valence-electron chi connectivity index (χ1n) is 18.3. The number of nitrogens with zero attached hydrogens (tertiary/aromatic N) is 3. The molecule has 0 amide bonds. The quantitative estimate of drug-likeness (QED) is 0.169. The van der Waals surface area contributed by atoms with Crippen molar-refractivity contribution in [2.75, 3.05) is 0 Å². The van der Waals surface area contributed by atoms with E-state index in [0.717, 1.165) is 44.6 Å². The first kappa shape index (κ1) is 30.4. The maximum atomic E-state index is 5.32. The zero-order chi connectivity index (χ0) is 35.6. The molecule has 2 aromatic heterocycles. The van der Waals surface area contributed by atoms with Gasteiger partial charge in [0, 0.05) is 29.1 Å². The fraction of sp³-hybridized carbons (Fsp3) is 0. The number of hydrogen-bond acceptors (Lipinski definition) is 3. The minimum absolute atomic E-state index is 0.710. The highest BCUT2D eigenvalue weighted by atomic mass is 14.9. The van der Waals surface area contributed by atoms with Gasteiger partial charge in [-0.2, -0.15) is 0 Å². The molecule has 0 atom stereocenters. The lowest BCUT2D eigenvalue weighted by molar-refractivity contribution is 1.19. The topological polar surface area (TPSA) is 38.7 Å². The summed E-state index contributed by atoms with van der Waals surface area (Å²) in [5.41, 5.74) is 9.45. The fourth-order valence-electron chi connectivity index (χ4n) is 8.27. The first-order chi connectivity index (χ1) is 26.7. The average molecular weight is 686 g/mol. The second-order valence-corrected chi connectivity index (χ2v) is 14.0. The molecule has 3 heteroatoms. The summed E-state index contributed by atoms with van der Waals surface area (Å²) in [5, 5.41) is 12.4. The van der Waals surface area contributed by atoms with Crippen LogP contribution in [0.25, 0.3) is 110 Å². The summed E-state index contributed by atoms with van der Waals surface area (Å²) in [5.74, 6) is 0.710. The Hall–Kier alpha value is -7.23. The standard InChI is InChI=1S/C51H31N3/c1-2-11-41-39(7-1)29-46(43-13-4-3-12-42(41)43)33-16-20-35(21-17-33)48-30-47(34-18-14-32(15-19-34)40-10-6-28-52-31-40)53-51(54-48)45-27-25-38-23-22-36-8-5-9-37-24-26-44(45)50(38)49(36)37/h1-31H. The SMILES string of the molecule is c1cncc(-c2ccc(-c3cc(-c4ccc(-c5cc6ccccc6c6ccccc56)cc4)nc(-c4ccc5ccc6cccc7ccc4c5c67)n3)cc2)c1.